The second-order valence-electron chi connectivity index (χ2n) is 8.82. The molecule has 0 N–H and O–H groups in total. The summed E-state index contributed by atoms with van der Waals surface area (Å²) in [5.74, 6) is 2.90. The topological polar surface area (TPSA) is 63.2 Å². The number of fused-ring (bicyclic) bond motifs is 1. The van der Waals surface area contributed by atoms with Gasteiger partial charge in [-0.3, -0.25) is 0 Å². The van der Waals surface area contributed by atoms with Crippen molar-refractivity contribution in [2.45, 2.75) is 25.7 Å². The van der Waals surface area contributed by atoms with Crippen molar-refractivity contribution < 1.29 is 23.6 Å². The van der Waals surface area contributed by atoms with Gasteiger partial charge < -0.3 is 33.7 Å². The Bertz CT molecular complexity index is 984. The first-order valence-electron chi connectivity index (χ1n) is 11.8. The van der Waals surface area contributed by atoms with Crippen molar-refractivity contribution in [3.05, 3.63) is 58.4 Å². The third kappa shape index (κ3) is 7.77. The van der Waals surface area contributed by atoms with Crippen LogP contribution in [0.5, 0.6) is 23.0 Å². The summed E-state index contributed by atoms with van der Waals surface area (Å²) >= 11 is 0. The van der Waals surface area contributed by atoms with Crippen LogP contribution < -0.4 is 18.9 Å². The van der Waals surface area contributed by atoms with Crippen LogP contribution in [0.25, 0.3) is 6.08 Å². The molecule has 0 aromatic heterocycles. The SMILES string of the molecule is COc1ccc(CCN(C)CCCC[N+]2([O-])C=Cc3cc(OC)c(OC)cc3CC2)cc1OC.Cl. The van der Waals surface area contributed by atoms with E-state index in [-0.39, 0.29) is 17.1 Å². The zero-order valence-electron chi connectivity index (χ0n) is 21.5. The molecule has 1 unspecified atom stereocenters. The average Bonchev–Trinajstić information content (AvgIpc) is 3.03. The minimum Gasteiger partial charge on any atom is -0.628 e. The van der Waals surface area contributed by atoms with Gasteiger partial charge in [0, 0.05) is 13.0 Å². The van der Waals surface area contributed by atoms with E-state index in [4.69, 9.17) is 18.9 Å². The van der Waals surface area contributed by atoms with Gasteiger partial charge in [-0.25, -0.2) is 0 Å². The van der Waals surface area contributed by atoms with E-state index in [0.29, 0.717) is 24.6 Å². The molecule has 2 aromatic carbocycles. The molecule has 0 radical (unpaired) electrons. The number of hydroxylamine groups is 3. The number of methoxy groups -OCH3 is 4. The summed E-state index contributed by atoms with van der Waals surface area (Å²) in [7, 11) is 8.70. The molecule has 35 heavy (non-hydrogen) atoms. The van der Waals surface area contributed by atoms with Crippen LogP contribution >= 0.6 is 12.4 Å². The molecule has 1 aliphatic rings. The van der Waals surface area contributed by atoms with Gasteiger partial charge in [0.25, 0.3) is 0 Å². The Labute approximate surface area is 215 Å². The first-order chi connectivity index (χ1) is 16.4. The highest BCUT2D eigenvalue weighted by atomic mass is 35.5. The number of likely N-dealkylation sites (N-methyl/N-ethyl adjacent to an activating group) is 1. The first-order valence-corrected chi connectivity index (χ1v) is 11.8. The van der Waals surface area contributed by atoms with Crippen LogP contribution in [-0.4, -0.2) is 71.2 Å². The maximum Gasteiger partial charge on any atom is 0.161 e. The summed E-state index contributed by atoms with van der Waals surface area (Å²) in [6.07, 6.45) is 7.26. The van der Waals surface area contributed by atoms with Gasteiger partial charge in [-0.1, -0.05) is 6.07 Å². The molecular formula is C27H39ClN2O5. The lowest BCUT2D eigenvalue weighted by Gasteiger charge is -2.38. The summed E-state index contributed by atoms with van der Waals surface area (Å²) in [6, 6.07) is 10.0. The molecular weight excluding hydrogens is 468 g/mol. The third-order valence-corrected chi connectivity index (χ3v) is 6.49. The van der Waals surface area contributed by atoms with Gasteiger partial charge in [0.05, 0.1) is 47.7 Å². The molecule has 2 aromatic rings. The molecule has 8 heteroatoms. The Balaban J connectivity index is 0.00000432. The summed E-state index contributed by atoms with van der Waals surface area (Å²) in [6.45, 7) is 3.04. The fourth-order valence-corrected chi connectivity index (χ4v) is 4.32. The Morgan fingerprint density at radius 3 is 2.20 bits per heavy atom. The molecule has 3 rings (SSSR count). The van der Waals surface area contributed by atoms with Crippen LogP contribution in [0.2, 0.25) is 0 Å². The number of hydrogen-bond acceptors (Lipinski definition) is 6. The predicted molar refractivity (Wildman–Crippen MR) is 143 cm³/mol. The monoisotopic (exact) mass is 506 g/mol. The Morgan fingerprint density at radius 2 is 1.51 bits per heavy atom. The van der Waals surface area contributed by atoms with Gasteiger partial charge in [-0.2, -0.15) is 0 Å². The van der Waals surface area contributed by atoms with Crippen molar-refractivity contribution in [3.63, 3.8) is 0 Å². The van der Waals surface area contributed by atoms with E-state index < -0.39 is 0 Å². The van der Waals surface area contributed by atoms with Gasteiger partial charge >= 0.3 is 0 Å². The van der Waals surface area contributed by atoms with Gasteiger partial charge in [0.15, 0.2) is 23.0 Å². The van der Waals surface area contributed by atoms with E-state index in [9.17, 15) is 5.21 Å². The molecule has 0 amide bonds. The second kappa shape index (κ2) is 13.6. The number of hydrogen-bond donors (Lipinski definition) is 0. The number of ether oxygens (including phenoxy) is 4. The summed E-state index contributed by atoms with van der Waals surface area (Å²) in [5, 5.41) is 13.3. The highest BCUT2D eigenvalue weighted by molar-refractivity contribution is 5.85. The fourth-order valence-electron chi connectivity index (χ4n) is 4.32. The highest BCUT2D eigenvalue weighted by Crippen LogP contribution is 2.33. The first kappa shape index (κ1) is 28.8. The lowest BCUT2D eigenvalue weighted by molar-refractivity contribution is -0.828. The van der Waals surface area contributed by atoms with E-state index in [1.165, 1.54) is 5.56 Å². The van der Waals surface area contributed by atoms with Crippen LogP contribution in [0.4, 0.5) is 0 Å². The number of quaternary nitrogens is 1. The lowest BCUT2D eigenvalue weighted by Crippen LogP contribution is -2.38. The van der Waals surface area contributed by atoms with Crippen molar-refractivity contribution in [1.82, 2.24) is 4.90 Å². The van der Waals surface area contributed by atoms with Crippen molar-refractivity contribution in [2.75, 3.05) is 61.7 Å². The number of halogens is 1. The standard InChI is InChI=1S/C27H38N2O5.ClH/c1-28(14-10-21-8-9-24(31-2)25(18-21)32-3)13-6-7-15-29(30)16-11-22-19-26(33-4)27(34-5)20-23(22)12-17-29;/h8-9,11,16,18-20H,6-7,10,12-15,17H2,1-5H3;1H. The van der Waals surface area contributed by atoms with Gasteiger partial charge in [0.2, 0.25) is 0 Å². The maximum atomic E-state index is 13.3. The normalized spacial score (nSPS) is 16.8. The Kier molecular flexibility index (Phi) is 11.2. The van der Waals surface area contributed by atoms with Crippen LogP contribution in [0.1, 0.15) is 29.5 Å². The third-order valence-electron chi connectivity index (χ3n) is 6.49. The van der Waals surface area contributed by atoms with Gasteiger partial charge in [-0.15, -0.1) is 12.4 Å². The summed E-state index contributed by atoms with van der Waals surface area (Å²) in [5.41, 5.74) is 3.37. The zero-order chi connectivity index (χ0) is 24.6. The molecule has 1 heterocycles. The van der Waals surface area contributed by atoms with Crippen molar-refractivity contribution in [1.29, 1.82) is 0 Å². The van der Waals surface area contributed by atoms with Crippen LogP contribution in [0.3, 0.4) is 0 Å². The number of unbranched alkanes of at least 4 members (excludes halogenated alkanes) is 1. The lowest BCUT2D eigenvalue weighted by atomic mass is 10.0. The van der Waals surface area contributed by atoms with Crippen LogP contribution in [-0.2, 0) is 12.8 Å². The predicted octanol–water partition coefficient (Wildman–Crippen LogP) is 4.94. The van der Waals surface area contributed by atoms with Crippen molar-refractivity contribution in [3.8, 4) is 23.0 Å². The molecule has 0 spiro atoms. The maximum absolute atomic E-state index is 13.3. The van der Waals surface area contributed by atoms with Gasteiger partial charge in [0.1, 0.15) is 0 Å². The molecule has 0 saturated carbocycles. The molecule has 1 atom stereocenters. The van der Waals surface area contributed by atoms with Crippen LogP contribution in [0.15, 0.2) is 36.5 Å². The van der Waals surface area contributed by atoms with Crippen molar-refractivity contribution in [2.24, 2.45) is 0 Å². The van der Waals surface area contributed by atoms with E-state index in [1.54, 1.807) is 34.6 Å². The fraction of sp³-hybridized carbons (Fsp3) is 0.481. The zero-order valence-corrected chi connectivity index (χ0v) is 22.4. The summed E-state index contributed by atoms with van der Waals surface area (Å²) < 4.78 is 21.2. The molecule has 0 bridgehead atoms. The minimum absolute atomic E-state index is 0. The summed E-state index contributed by atoms with van der Waals surface area (Å²) in [4.78, 5) is 2.32. The van der Waals surface area contributed by atoms with E-state index in [1.807, 2.05) is 30.3 Å². The number of benzene rings is 2. The largest absolute Gasteiger partial charge is 0.628 e. The smallest absolute Gasteiger partial charge is 0.161 e. The molecule has 0 saturated heterocycles. The van der Waals surface area contributed by atoms with E-state index in [2.05, 4.69) is 18.0 Å². The Hall–Kier alpha value is -2.45. The molecule has 0 fully saturated rings. The minimum atomic E-state index is -0.297. The van der Waals surface area contributed by atoms with E-state index in [0.717, 1.165) is 61.4 Å². The quantitative estimate of drug-likeness (QED) is 0.231. The van der Waals surface area contributed by atoms with Gasteiger partial charge in [-0.05, 0) is 79.9 Å². The van der Waals surface area contributed by atoms with Crippen LogP contribution in [0, 0.1) is 5.21 Å². The highest BCUT2D eigenvalue weighted by Gasteiger charge is 2.20. The average molecular weight is 507 g/mol. The molecule has 7 nitrogen and oxygen atoms in total. The molecule has 1 aliphatic heterocycles. The van der Waals surface area contributed by atoms with Crippen molar-refractivity contribution >= 4 is 18.5 Å². The van der Waals surface area contributed by atoms with E-state index >= 15 is 0 Å². The Morgan fingerprint density at radius 1 is 0.857 bits per heavy atom. The molecule has 194 valence electrons. The number of rotatable bonds is 12. The number of nitrogens with zero attached hydrogens (tertiary/aromatic N) is 2. The second-order valence-corrected chi connectivity index (χ2v) is 8.82. The molecule has 0 aliphatic carbocycles.